The Morgan fingerprint density at radius 3 is 2.58 bits per heavy atom. The second-order valence-electron chi connectivity index (χ2n) is 3.57. The molecule has 1 aliphatic carbocycles. The van der Waals surface area contributed by atoms with Gasteiger partial charge in [-0.25, -0.2) is 4.79 Å². The molecule has 4 heteroatoms. The molecule has 1 atom stereocenters. The highest BCUT2D eigenvalue weighted by Gasteiger charge is 2.38. The monoisotopic (exact) mass is 167 g/mol. The van der Waals surface area contributed by atoms with Gasteiger partial charge in [-0.15, -0.1) is 0 Å². The van der Waals surface area contributed by atoms with E-state index < -0.39 is 0 Å². The van der Waals surface area contributed by atoms with Crippen LogP contribution in [0.15, 0.2) is 4.99 Å². The molecular weight excluding hydrogens is 154 g/mol. The summed E-state index contributed by atoms with van der Waals surface area (Å²) in [6.07, 6.45) is 3.62. The molecule has 0 radical (unpaired) electrons. The molecule has 2 amide bonds. The first-order valence-electron chi connectivity index (χ1n) is 4.31. The molecule has 2 rings (SSSR count). The molecule has 12 heavy (non-hydrogen) atoms. The minimum atomic E-state index is -0.190. The van der Waals surface area contributed by atoms with E-state index in [4.69, 9.17) is 5.73 Å². The van der Waals surface area contributed by atoms with Gasteiger partial charge in [0.1, 0.15) is 5.84 Å². The summed E-state index contributed by atoms with van der Waals surface area (Å²) in [5.41, 5.74) is 5.66. The van der Waals surface area contributed by atoms with Gasteiger partial charge in [0.15, 0.2) is 0 Å². The molecule has 0 aromatic heterocycles. The number of rotatable bonds is 1. The van der Waals surface area contributed by atoms with Gasteiger partial charge in [0, 0.05) is 7.05 Å². The van der Waals surface area contributed by atoms with Crippen LogP contribution in [0.5, 0.6) is 0 Å². The van der Waals surface area contributed by atoms with Gasteiger partial charge in [0.2, 0.25) is 0 Å². The number of urea groups is 1. The van der Waals surface area contributed by atoms with Crippen molar-refractivity contribution in [1.82, 2.24) is 4.90 Å². The van der Waals surface area contributed by atoms with Crippen molar-refractivity contribution in [2.45, 2.75) is 25.3 Å². The molecule has 1 fully saturated rings. The highest BCUT2D eigenvalue weighted by Crippen LogP contribution is 2.33. The minimum absolute atomic E-state index is 0.0891. The summed E-state index contributed by atoms with van der Waals surface area (Å²) in [7, 11) is 1.77. The highest BCUT2D eigenvalue weighted by molar-refractivity contribution is 6.02. The molecule has 1 saturated carbocycles. The van der Waals surface area contributed by atoms with Gasteiger partial charge in [-0.3, -0.25) is 0 Å². The summed E-state index contributed by atoms with van der Waals surface area (Å²) in [5.74, 6) is 1.07. The van der Waals surface area contributed by atoms with Crippen molar-refractivity contribution in [2.24, 2.45) is 16.6 Å². The summed E-state index contributed by atoms with van der Waals surface area (Å²) in [5, 5.41) is 0. The topological polar surface area (TPSA) is 58.7 Å². The fraction of sp³-hybridized carbons (Fsp3) is 0.750. The van der Waals surface area contributed by atoms with Crippen LogP contribution in [0.3, 0.4) is 0 Å². The van der Waals surface area contributed by atoms with Crippen LogP contribution in [0, 0.1) is 5.92 Å². The van der Waals surface area contributed by atoms with Gasteiger partial charge < -0.3 is 10.6 Å². The fourth-order valence-corrected chi connectivity index (χ4v) is 1.89. The SMILES string of the molecule is CN1C(=O)N=C(N)C1C1CCC1. The Bertz CT molecular complexity index is 245. The maximum absolute atomic E-state index is 11.1. The van der Waals surface area contributed by atoms with Crippen LogP contribution in [0.4, 0.5) is 4.79 Å². The molecule has 0 bridgehead atoms. The van der Waals surface area contributed by atoms with E-state index in [0.29, 0.717) is 11.8 Å². The Labute approximate surface area is 71.4 Å². The van der Waals surface area contributed by atoms with Crippen LogP contribution >= 0.6 is 0 Å². The molecule has 1 heterocycles. The number of hydrogen-bond acceptors (Lipinski definition) is 2. The third kappa shape index (κ3) is 0.906. The van der Waals surface area contributed by atoms with Crippen molar-refractivity contribution < 1.29 is 4.79 Å². The maximum atomic E-state index is 11.1. The van der Waals surface area contributed by atoms with Crippen molar-refractivity contribution in [3.05, 3.63) is 0 Å². The number of aliphatic imine (C=N–C) groups is 1. The molecule has 4 nitrogen and oxygen atoms in total. The molecule has 0 aromatic carbocycles. The van der Waals surface area contributed by atoms with E-state index >= 15 is 0 Å². The largest absolute Gasteiger partial charge is 0.385 e. The van der Waals surface area contributed by atoms with Crippen molar-refractivity contribution in [2.75, 3.05) is 7.05 Å². The molecule has 1 unspecified atom stereocenters. The number of carbonyl (C=O) groups is 1. The molecule has 2 N–H and O–H groups in total. The van der Waals surface area contributed by atoms with E-state index in [9.17, 15) is 4.79 Å². The predicted octanol–water partition coefficient (Wildman–Crippen LogP) is 0.578. The number of nitrogens with two attached hydrogens (primary N) is 1. The van der Waals surface area contributed by atoms with Crippen LogP contribution in [0.2, 0.25) is 0 Å². The summed E-state index contributed by atoms with van der Waals surface area (Å²) in [4.78, 5) is 16.5. The number of likely N-dealkylation sites (N-methyl/N-ethyl adjacent to an activating group) is 1. The van der Waals surface area contributed by atoms with Gasteiger partial charge in [-0.05, 0) is 18.8 Å². The van der Waals surface area contributed by atoms with E-state index in [0.717, 1.165) is 0 Å². The Kier molecular flexibility index (Phi) is 1.56. The molecule has 0 saturated heterocycles. The molecule has 0 spiro atoms. The van der Waals surface area contributed by atoms with Crippen LogP contribution < -0.4 is 5.73 Å². The Morgan fingerprint density at radius 1 is 1.58 bits per heavy atom. The second kappa shape index (κ2) is 2.47. The van der Waals surface area contributed by atoms with Crippen LogP contribution in [-0.2, 0) is 0 Å². The lowest BCUT2D eigenvalue weighted by molar-refractivity contribution is 0.177. The smallest absolute Gasteiger partial charge is 0.345 e. The van der Waals surface area contributed by atoms with Crippen molar-refractivity contribution in [3.8, 4) is 0 Å². The van der Waals surface area contributed by atoms with Gasteiger partial charge in [-0.1, -0.05) is 6.42 Å². The lowest BCUT2D eigenvalue weighted by Gasteiger charge is -2.34. The molecular formula is C8H13N3O. The first-order valence-corrected chi connectivity index (χ1v) is 4.31. The third-order valence-corrected chi connectivity index (χ3v) is 2.84. The standard InChI is InChI=1S/C8H13N3O/c1-11-6(5-3-2-4-5)7(9)10-8(11)12/h5-6H,2-4H2,1H3,(H2,9,10,12). The second-order valence-corrected chi connectivity index (χ2v) is 3.57. The molecule has 2 aliphatic rings. The van der Waals surface area contributed by atoms with E-state index in [1.165, 1.54) is 19.3 Å². The Balaban J connectivity index is 2.14. The van der Waals surface area contributed by atoms with Gasteiger partial charge in [0.25, 0.3) is 0 Å². The first-order chi connectivity index (χ1) is 5.70. The number of amides is 2. The van der Waals surface area contributed by atoms with Crippen LogP contribution in [-0.4, -0.2) is 29.9 Å². The highest BCUT2D eigenvalue weighted by atomic mass is 16.2. The summed E-state index contributed by atoms with van der Waals surface area (Å²) in [6, 6.07) is -0.101. The number of carbonyl (C=O) groups excluding carboxylic acids is 1. The van der Waals surface area contributed by atoms with Crippen molar-refractivity contribution in [3.63, 3.8) is 0 Å². The summed E-state index contributed by atoms with van der Waals surface area (Å²) in [6.45, 7) is 0. The van der Waals surface area contributed by atoms with Crippen molar-refractivity contribution in [1.29, 1.82) is 0 Å². The number of amidine groups is 1. The summed E-state index contributed by atoms with van der Waals surface area (Å²) >= 11 is 0. The van der Waals surface area contributed by atoms with Gasteiger partial charge in [0.05, 0.1) is 6.04 Å². The van der Waals surface area contributed by atoms with E-state index in [-0.39, 0.29) is 12.1 Å². The van der Waals surface area contributed by atoms with E-state index in [1.807, 2.05) is 0 Å². The molecule has 66 valence electrons. The number of nitrogens with zero attached hydrogens (tertiary/aromatic N) is 2. The zero-order chi connectivity index (χ0) is 8.72. The fourth-order valence-electron chi connectivity index (χ4n) is 1.89. The van der Waals surface area contributed by atoms with Crippen molar-refractivity contribution >= 4 is 11.9 Å². The average molecular weight is 167 g/mol. The van der Waals surface area contributed by atoms with E-state index in [2.05, 4.69) is 4.99 Å². The average Bonchev–Trinajstić information content (AvgIpc) is 2.13. The molecule has 0 aromatic rings. The van der Waals surface area contributed by atoms with Gasteiger partial charge in [-0.2, -0.15) is 4.99 Å². The van der Waals surface area contributed by atoms with Crippen LogP contribution in [0.1, 0.15) is 19.3 Å². The number of hydrogen-bond donors (Lipinski definition) is 1. The third-order valence-electron chi connectivity index (χ3n) is 2.84. The normalized spacial score (nSPS) is 30.4. The Hall–Kier alpha value is -1.06. The lowest BCUT2D eigenvalue weighted by Crippen LogP contribution is -2.45. The summed E-state index contributed by atoms with van der Waals surface area (Å²) < 4.78 is 0. The van der Waals surface area contributed by atoms with Gasteiger partial charge >= 0.3 is 6.03 Å². The quantitative estimate of drug-likeness (QED) is 0.621. The predicted molar refractivity (Wildman–Crippen MR) is 45.9 cm³/mol. The minimum Gasteiger partial charge on any atom is -0.385 e. The first kappa shape index (κ1) is 7.58. The van der Waals surface area contributed by atoms with E-state index in [1.54, 1.807) is 11.9 Å². The Morgan fingerprint density at radius 2 is 2.25 bits per heavy atom. The molecule has 1 aliphatic heterocycles. The zero-order valence-electron chi connectivity index (χ0n) is 7.16. The van der Waals surface area contributed by atoms with Crippen LogP contribution in [0.25, 0.3) is 0 Å². The zero-order valence-corrected chi connectivity index (χ0v) is 7.16. The lowest BCUT2D eigenvalue weighted by atomic mass is 9.79. The maximum Gasteiger partial charge on any atom is 0.345 e.